The topological polar surface area (TPSA) is 91.0 Å². The Labute approximate surface area is 120 Å². The maximum Gasteiger partial charge on any atom is 0.233 e. The number of rotatable bonds is 5. The third-order valence-electron chi connectivity index (χ3n) is 4.86. The molecule has 0 aromatic carbocycles. The van der Waals surface area contributed by atoms with E-state index in [1.807, 2.05) is 0 Å². The molecule has 0 spiro atoms. The smallest absolute Gasteiger partial charge is 0.233 e. The van der Waals surface area contributed by atoms with Crippen LogP contribution in [0.2, 0.25) is 0 Å². The van der Waals surface area contributed by atoms with Crippen LogP contribution in [-0.4, -0.2) is 48.0 Å². The van der Waals surface area contributed by atoms with Crippen LogP contribution in [0.1, 0.15) is 39.0 Å². The van der Waals surface area contributed by atoms with Gasteiger partial charge in [0, 0.05) is 13.1 Å². The van der Waals surface area contributed by atoms with E-state index in [-0.39, 0.29) is 11.7 Å². The van der Waals surface area contributed by atoms with E-state index in [0.717, 1.165) is 38.9 Å². The van der Waals surface area contributed by atoms with Crippen molar-refractivity contribution in [3.05, 3.63) is 0 Å². The van der Waals surface area contributed by atoms with Gasteiger partial charge in [0.15, 0.2) is 5.84 Å². The summed E-state index contributed by atoms with van der Waals surface area (Å²) in [6, 6.07) is 0. The fraction of sp³-hybridized carbons (Fsp3) is 0.857. The van der Waals surface area contributed by atoms with Gasteiger partial charge in [0.1, 0.15) is 5.41 Å². The summed E-state index contributed by atoms with van der Waals surface area (Å²) >= 11 is 0. The molecule has 6 nitrogen and oxygen atoms in total. The molecular weight excluding hydrogens is 256 g/mol. The summed E-state index contributed by atoms with van der Waals surface area (Å²) in [7, 11) is 0. The van der Waals surface area contributed by atoms with Crippen LogP contribution in [-0.2, 0) is 4.79 Å². The lowest BCUT2D eigenvalue weighted by atomic mass is 9.83. The lowest BCUT2D eigenvalue weighted by Crippen LogP contribution is -2.49. The van der Waals surface area contributed by atoms with Gasteiger partial charge in [0.25, 0.3) is 0 Å². The van der Waals surface area contributed by atoms with Crippen LogP contribution in [0.3, 0.4) is 0 Å². The van der Waals surface area contributed by atoms with Gasteiger partial charge in [0.05, 0.1) is 0 Å². The molecule has 4 N–H and O–H groups in total. The van der Waals surface area contributed by atoms with Gasteiger partial charge in [0.2, 0.25) is 5.91 Å². The Morgan fingerprint density at radius 3 is 2.75 bits per heavy atom. The molecule has 1 aliphatic carbocycles. The number of oxime groups is 1. The normalized spacial score (nSPS) is 26.9. The summed E-state index contributed by atoms with van der Waals surface area (Å²) in [5.74, 6) is 0.513. The number of nitrogens with two attached hydrogens (primary N) is 1. The number of nitrogens with zero attached hydrogens (tertiary/aromatic N) is 2. The first-order valence-electron chi connectivity index (χ1n) is 7.61. The van der Waals surface area contributed by atoms with Crippen LogP contribution in [0.4, 0.5) is 0 Å². The van der Waals surface area contributed by atoms with Gasteiger partial charge in [-0.05, 0) is 38.3 Å². The lowest BCUT2D eigenvalue weighted by molar-refractivity contribution is -0.127. The number of likely N-dealkylation sites (tertiary alicyclic amines) is 1. The Bertz CT molecular complexity index is 377. The van der Waals surface area contributed by atoms with Gasteiger partial charge in [-0.15, -0.1) is 0 Å². The molecule has 1 aliphatic heterocycles. The van der Waals surface area contributed by atoms with Gasteiger partial charge in [-0.3, -0.25) is 4.79 Å². The van der Waals surface area contributed by atoms with Crippen molar-refractivity contribution in [2.45, 2.75) is 39.0 Å². The Kier molecular flexibility index (Phi) is 4.86. The van der Waals surface area contributed by atoms with Crippen molar-refractivity contribution in [1.29, 1.82) is 0 Å². The lowest BCUT2D eigenvalue weighted by Gasteiger charge is -2.26. The zero-order valence-corrected chi connectivity index (χ0v) is 12.3. The van der Waals surface area contributed by atoms with Crippen molar-refractivity contribution in [3.63, 3.8) is 0 Å². The predicted molar refractivity (Wildman–Crippen MR) is 77.5 cm³/mol. The molecule has 1 saturated heterocycles. The highest BCUT2D eigenvalue weighted by atomic mass is 16.4. The zero-order valence-electron chi connectivity index (χ0n) is 12.3. The molecule has 1 amide bonds. The molecule has 1 unspecified atom stereocenters. The van der Waals surface area contributed by atoms with E-state index in [1.54, 1.807) is 0 Å². The van der Waals surface area contributed by atoms with Gasteiger partial charge in [-0.1, -0.05) is 24.9 Å². The van der Waals surface area contributed by atoms with Crippen LogP contribution in [0.5, 0.6) is 0 Å². The second kappa shape index (κ2) is 6.43. The van der Waals surface area contributed by atoms with Gasteiger partial charge >= 0.3 is 0 Å². The van der Waals surface area contributed by atoms with E-state index in [1.165, 1.54) is 0 Å². The first-order valence-corrected chi connectivity index (χ1v) is 7.61. The molecule has 6 heteroatoms. The van der Waals surface area contributed by atoms with Gasteiger partial charge < -0.3 is 21.2 Å². The van der Waals surface area contributed by atoms with E-state index in [2.05, 4.69) is 22.3 Å². The third-order valence-corrected chi connectivity index (χ3v) is 4.86. The highest BCUT2D eigenvalue weighted by molar-refractivity contribution is 6.07. The number of nitrogens with one attached hydrogen (secondary N) is 1. The number of carbonyl (C=O) groups is 1. The number of hydrogen-bond donors (Lipinski definition) is 3. The minimum absolute atomic E-state index is 0.0640. The molecule has 1 saturated carbocycles. The van der Waals surface area contributed by atoms with E-state index in [9.17, 15) is 4.79 Å². The minimum atomic E-state index is -0.780. The molecule has 1 heterocycles. The molecule has 20 heavy (non-hydrogen) atoms. The predicted octanol–water partition coefficient (Wildman–Crippen LogP) is 0.751. The van der Waals surface area contributed by atoms with E-state index < -0.39 is 5.41 Å². The fourth-order valence-electron chi connectivity index (χ4n) is 3.45. The Morgan fingerprint density at radius 2 is 2.20 bits per heavy atom. The van der Waals surface area contributed by atoms with Crippen LogP contribution >= 0.6 is 0 Å². The zero-order chi connectivity index (χ0) is 14.6. The highest BCUT2D eigenvalue weighted by Crippen LogP contribution is 2.38. The molecule has 2 fully saturated rings. The summed E-state index contributed by atoms with van der Waals surface area (Å²) in [6.45, 7) is 6.08. The maximum absolute atomic E-state index is 12.5. The standard InChI is InChI=1S/C14H26N4O2/c1-2-18-8-5-11(10-18)9-16-13(19)14(12(15)17-20)6-3-4-7-14/h11,20H,2-10H2,1H3,(H2,15,17)(H,16,19). The number of hydrogen-bond acceptors (Lipinski definition) is 4. The van der Waals surface area contributed by atoms with Crippen molar-refractivity contribution < 1.29 is 10.0 Å². The van der Waals surface area contributed by atoms with Gasteiger partial charge in [-0.25, -0.2) is 0 Å². The summed E-state index contributed by atoms with van der Waals surface area (Å²) in [6.07, 6.45) is 4.40. The van der Waals surface area contributed by atoms with E-state index in [0.29, 0.717) is 25.3 Å². The molecule has 0 radical (unpaired) electrons. The maximum atomic E-state index is 12.5. The van der Waals surface area contributed by atoms with E-state index >= 15 is 0 Å². The van der Waals surface area contributed by atoms with Crippen molar-refractivity contribution >= 4 is 11.7 Å². The Hall–Kier alpha value is -1.30. The van der Waals surface area contributed by atoms with Crippen LogP contribution in [0.15, 0.2) is 5.16 Å². The van der Waals surface area contributed by atoms with Crippen molar-refractivity contribution in [3.8, 4) is 0 Å². The average Bonchev–Trinajstić information content (AvgIpc) is 3.13. The monoisotopic (exact) mass is 282 g/mol. The largest absolute Gasteiger partial charge is 0.409 e. The van der Waals surface area contributed by atoms with Gasteiger partial charge in [-0.2, -0.15) is 0 Å². The quantitative estimate of drug-likeness (QED) is 0.300. The third kappa shape index (κ3) is 2.90. The highest BCUT2D eigenvalue weighted by Gasteiger charge is 2.45. The summed E-state index contributed by atoms with van der Waals surface area (Å²) in [5.41, 5.74) is 4.99. The average molecular weight is 282 g/mol. The molecule has 2 rings (SSSR count). The Balaban J connectivity index is 1.90. The summed E-state index contributed by atoms with van der Waals surface area (Å²) < 4.78 is 0. The summed E-state index contributed by atoms with van der Waals surface area (Å²) in [4.78, 5) is 14.9. The first-order chi connectivity index (χ1) is 9.62. The molecule has 1 atom stereocenters. The Morgan fingerprint density at radius 1 is 1.50 bits per heavy atom. The van der Waals surface area contributed by atoms with Crippen LogP contribution in [0, 0.1) is 11.3 Å². The van der Waals surface area contributed by atoms with Crippen molar-refractivity contribution in [1.82, 2.24) is 10.2 Å². The van der Waals surface area contributed by atoms with Crippen LogP contribution in [0.25, 0.3) is 0 Å². The molecular formula is C14H26N4O2. The van der Waals surface area contributed by atoms with Crippen molar-refractivity contribution in [2.24, 2.45) is 22.2 Å². The SMILES string of the molecule is CCN1CCC(CNC(=O)C2(C(N)=NO)CCCC2)C1. The van der Waals surface area contributed by atoms with E-state index in [4.69, 9.17) is 10.9 Å². The van der Waals surface area contributed by atoms with Crippen molar-refractivity contribution in [2.75, 3.05) is 26.2 Å². The first kappa shape index (κ1) is 15.1. The molecule has 2 aliphatic rings. The summed E-state index contributed by atoms with van der Waals surface area (Å²) in [5, 5.41) is 15.1. The number of amidine groups is 1. The molecule has 0 aromatic rings. The fourth-order valence-corrected chi connectivity index (χ4v) is 3.45. The second-order valence-corrected chi connectivity index (χ2v) is 6.03. The second-order valence-electron chi connectivity index (χ2n) is 6.03. The number of amides is 1. The minimum Gasteiger partial charge on any atom is -0.409 e. The van der Waals surface area contributed by atoms with Crippen LogP contribution < -0.4 is 11.1 Å². The molecule has 0 bridgehead atoms. The molecule has 114 valence electrons. The molecule has 0 aromatic heterocycles. The number of carbonyl (C=O) groups excluding carboxylic acids is 1.